The molecule has 1 saturated heterocycles. The number of carbonyl (C=O) groups excluding carboxylic acids is 2. The van der Waals surface area contributed by atoms with Crippen LogP contribution in [0.1, 0.15) is 37.2 Å². The Morgan fingerprint density at radius 3 is 2.50 bits per heavy atom. The van der Waals surface area contributed by atoms with Gasteiger partial charge >= 0.3 is 6.03 Å². The van der Waals surface area contributed by atoms with Crippen LogP contribution >= 0.6 is 0 Å². The van der Waals surface area contributed by atoms with Crippen LogP contribution in [0.3, 0.4) is 0 Å². The molecule has 1 aliphatic rings. The van der Waals surface area contributed by atoms with Gasteiger partial charge in [-0.3, -0.25) is 9.78 Å². The standard InChI is InChI=1S/C16H24N4O2/c1-3-19(4-2)16(22)18-13-8-11-20(12-9-13)15(21)14-7-5-6-10-17-14/h5-7,10,13H,3-4,8-9,11-12H2,1-2H3,(H,18,22). The fourth-order valence-corrected chi connectivity index (χ4v) is 2.65. The largest absolute Gasteiger partial charge is 0.337 e. The summed E-state index contributed by atoms with van der Waals surface area (Å²) in [5.41, 5.74) is 0.480. The van der Waals surface area contributed by atoms with Crippen LogP contribution in [0.15, 0.2) is 24.4 Å². The number of carbonyl (C=O) groups is 2. The van der Waals surface area contributed by atoms with Crippen molar-refractivity contribution < 1.29 is 9.59 Å². The number of rotatable bonds is 4. The minimum Gasteiger partial charge on any atom is -0.337 e. The van der Waals surface area contributed by atoms with Crippen molar-refractivity contribution in [2.75, 3.05) is 26.2 Å². The summed E-state index contributed by atoms with van der Waals surface area (Å²) in [6, 6.07) is 5.47. The van der Waals surface area contributed by atoms with Gasteiger partial charge in [0, 0.05) is 38.4 Å². The van der Waals surface area contributed by atoms with Gasteiger partial charge in [0.1, 0.15) is 5.69 Å². The molecule has 1 fully saturated rings. The molecule has 1 aromatic heterocycles. The van der Waals surface area contributed by atoms with Gasteiger partial charge in [-0.2, -0.15) is 0 Å². The van der Waals surface area contributed by atoms with E-state index in [0.717, 1.165) is 12.8 Å². The van der Waals surface area contributed by atoms with E-state index in [1.807, 2.05) is 24.8 Å². The molecule has 120 valence electrons. The summed E-state index contributed by atoms with van der Waals surface area (Å²) in [6.07, 6.45) is 3.20. The van der Waals surface area contributed by atoms with Gasteiger partial charge in [0.2, 0.25) is 0 Å². The van der Waals surface area contributed by atoms with Crippen molar-refractivity contribution in [1.82, 2.24) is 20.1 Å². The maximum absolute atomic E-state index is 12.3. The molecule has 0 unspecified atom stereocenters. The molecule has 0 spiro atoms. The van der Waals surface area contributed by atoms with Gasteiger partial charge < -0.3 is 15.1 Å². The van der Waals surface area contributed by atoms with Gasteiger partial charge in [-0.05, 0) is 38.8 Å². The number of piperidine rings is 1. The number of hydrogen-bond donors (Lipinski definition) is 1. The van der Waals surface area contributed by atoms with Gasteiger partial charge in [0.25, 0.3) is 5.91 Å². The van der Waals surface area contributed by atoms with E-state index in [4.69, 9.17) is 0 Å². The molecule has 1 N–H and O–H groups in total. The van der Waals surface area contributed by atoms with Crippen LogP contribution in [0.2, 0.25) is 0 Å². The molecule has 0 aliphatic carbocycles. The first-order chi connectivity index (χ1) is 10.7. The Hall–Kier alpha value is -2.11. The van der Waals surface area contributed by atoms with Crippen LogP contribution in [0.25, 0.3) is 0 Å². The Labute approximate surface area is 131 Å². The second-order valence-corrected chi connectivity index (χ2v) is 5.40. The van der Waals surface area contributed by atoms with E-state index in [2.05, 4.69) is 10.3 Å². The molecule has 6 nitrogen and oxygen atoms in total. The zero-order valence-corrected chi connectivity index (χ0v) is 13.3. The lowest BCUT2D eigenvalue weighted by atomic mass is 10.0. The van der Waals surface area contributed by atoms with Crippen LogP contribution in [-0.4, -0.2) is 58.9 Å². The SMILES string of the molecule is CCN(CC)C(=O)NC1CCN(C(=O)c2ccccn2)CC1. The molecule has 0 bridgehead atoms. The first-order valence-electron chi connectivity index (χ1n) is 7.91. The number of aromatic nitrogens is 1. The second-order valence-electron chi connectivity index (χ2n) is 5.40. The topological polar surface area (TPSA) is 65.5 Å². The van der Waals surface area contributed by atoms with Crippen molar-refractivity contribution in [1.29, 1.82) is 0 Å². The van der Waals surface area contributed by atoms with E-state index in [1.165, 1.54) is 0 Å². The molecule has 3 amide bonds. The van der Waals surface area contributed by atoms with Gasteiger partial charge in [-0.15, -0.1) is 0 Å². The minimum atomic E-state index is -0.0332. The summed E-state index contributed by atoms with van der Waals surface area (Å²) in [5.74, 6) is -0.0332. The Morgan fingerprint density at radius 2 is 1.95 bits per heavy atom. The van der Waals surface area contributed by atoms with Crippen molar-refractivity contribution in [2.45, 2.75) is 32.7 Å². The molecule has 0 saturated carbocycles. The molecular weight excluding hydrogens is 280 g/mol. The fourth-order valence-electron chi connectivity index (χ4n) is 2.65. The molecule has 2 rings (SSSR count). The van der Waals surface area contributed by atoms with E-state index >= 15 is 0 Å². The van der Waals surface area contributed by atoms with Crippen LogP contribution in [-0.2, 0) is 0 Å². The highest BCUT2D eigenvalue weighted by molar-refractivity contribution is 5.92. The highest BCUT2D eigenvalue weighted by Crippen LogP contribution is 2.13. The maximum Gasteiger partial charge on any atom is 0.317 e. The lowest BCUT2D eigenvalue weighted by Crippen LogP contribution is -2.50. The molecule has 2 heterocycles. The van der Waals surface area contributed by atoms with Crippen molar-refractivity contribution in [2.24, 2.45) is 0 Å². The van der Waals surface area contributed by atoms with E-state index in [9.17, 15) is 9.59 Å². The first-order valence-corrected chi connectivity index (χ1v) is 7.91. The average Bonchev–Trinajstić information content (AvgIpc) is 2.57. The fraction of sp³-hybridized carbons (Fsp3) is 0.562. The molecule has 6 heteroatoms. The Morgan fingerprint density at radius 1 is 1.27 bits per heavy atom. The normalized spacial score (nSPS) is 15.5. The van der Waals surface area contributed by atoms with E-state index < -0.39 is 0 Å². The third-order valence-corrected chi connectivity index (χ3v) is 4.04. The summed E-state index contributed by atoms with van der Waals surface area (Å²) in [7, 11) is 0. The third-order valence-electron chi connectivity index (χ3n) is 4.04. The number of likely N-dealkylation sites (tertiary alicyclic amines) is 1. The molecule has 22 heavy (non-hydrogen) atoms. The highest BCUT2D eigenvalue weighted by Gasteiger charge is 2.25. The van der Waals surface area contributed by atoms with Gasteiger partial charge in [0.15, 0.2) is 0 Å². The van der Waals surface area contributed by atoms with E-state index in [1.54, 1.807) is 23.2 Å². The van der Waals surface area contributed by atoms with Crippen molar-refractivity contribution in [3.05, 3.63) is 30.1 Å². The smallest absolute Gasteiger partial charge is 0.317 e. The second kappa shape index (κ2) is 7.77. The van der Waals surface area contributed by atoms with E-state index in [-0.39, 0.29) is 18.0 Å². The van der Waals surface area contributed by atoms with Crippen molar-refractivity contribution in [3.8, 4) is 0 Å². The van der Waals surface area contributed by atoms with Gasteiger partial charge in [-0.25, -0.2) is 4.79 Å². The molecular formula is C16H24N4O2. The lowest BCUT2D eigenvalue weighted by Gasteiger charge is -2.33. The number of hydrogen-bond acceptors (Lipinski definition) is 3. The van der Waals surface area contributed by atoms with Crippen LogP contribution in [0, 0.1) is 0 Å². The summed E-state index contributed by atoms with van der Waals surface area (Å²) in [6.45, 7) is 6.66. The molecule has 1 aromatic rings. The number of urea groups is 1. The third kappa shape index (κ3) is 3.96. The lowest BCUT2D eigenvalue weighted by molar-refractivity contribution is 0.0700. The Bertz CT molecular complexity index is 494. The monoisotopic (exact) mass is 304 g/mol. The average molecular weight is 304 g/mol. The predicted octanol–water partition coefficient (Wildman–Crippen LogP) is 1.74. The molecule has 0 radical (unpaired) electrons. The van der Waals surface area contributed by atoms with Crippen LogP contribution < -0.4 is 5.32 Å². The zero-order valence-electron chi connectivity index (χ0n) is 13.3. The highest BCUT2D eigenvalue weighted by atomic mass is 16.2. The zero-order chi connectivity index (χ0) is 15.9. The Balaban J connectivity index is 1.83. The molecule has 0 aromatic carbocycles. The summed E-state index contributed by atoms with van der Waals surface area (Å²) in [4.78, 5) is 32.0. The number of pyridine rings is 1. The van der Waals surface area contributed by atoms with Crippen LogP contribution in [0.5, 0.6) is 0 Å². The number of amides is 3. The van der Waals surface area contributed by atoms with Crippen molar-refractivity contribution in [3.63, 3.8) is 0 Å². The summed E-state index contributed by atoms with van der Waals surface area (Å²) >= 11 is 0. The number of nitrogens with zero attached hydrogens (tertiary/aromatic N) is 3. The predicted molar refractivity (Wildman–Crippen MR) is 84.6 cm³/mol. The number of nitrogens with one attached hydrogen (secondary N) is 1. The Kier molecular flexibility index (Phi) is 5.75. The van der Waals surface area contributed by atoms with Crippen LogP contribution in [0.4, 0.5) is 4.79 Å². The minimum absolute atomic E-state index is 0.0143. The maximum atomic E-state index is 12.3. The first kappa shape index (κ1) is 16.3. The van der Waals surface area contributed by atoms with Crippen molar-refractivity contribution >= 4 is 11.9 Å². The van der Waals surface area contributed by atoms with E-state index in [0.29, 0.717) is 31.9 Å². The molecule has 1 aliphatic heterocycles. The molecule has 0 atom stereocenters. The quantitative estimate of drug-likeness (QED) is 0.921. The summed E-state index contributed by atoms with van der Waals surface area (Å²) in [5, 5.41) is 3.05. The van der Waals surface area contributed by atoms with Gasteiger partial charge in [0.05, 0.1) is 0 Å². The van der Waals surface area contributed by atoms with Gasteiger partial charge in [-0.1, -0.05) is 6.07 Å². The summed E-state index contributed by atoms with van der Waals surface area (Å²) < 4.78 is 0.